The van der Waals surface area contributed by atoms with Crippen LogP contribution in [0, 0.1) is 5.92 Å². The van der Waals surface area contributed by atoms with Crippen molar-refractivity contribution in [3.8, 4) is 0 Å². The Balaban J connectivity index is 0. The number of hydrogen-bond donors (Lipinski definition) is 1. The maximum Gasteiger partial charge on any atom is 0.134 e. The molecule has 1 aromatic carbocycles. The smallest absolute Gasteiger partial charge is 0.134 e. The maximum absolute atomic E-state index is 10.6. The third-order valence-electron chi connectivity index (χ3n) is 2.71. The van der Waals surface area contributed by atoms with Gasteiger partial charge in [-0.15, -0.1) is 0 Å². The number of hydrogen-bond acceptors (Lipinski definition) is 2. The van der Waals surface area contributed by atoms with Gasteiger partial charge in [-0.05, 0) is 32.3 Å². The zero-order chi connectivity index (χ0) is 16.2. The number of ketones is 1. The van der Waals surface area contributed by atoms with E-state index in [4.69, 9.17) is 5.11 Å². The van der Waals surface area contributed by atoms with Crippen LogP contribution in [0.5, 0.6) is 0 Å². The van der Waals surface area contributed by atoms with E-state index in [1.54, 1.807) is 6.92 Å². The summed E-state index contributed by atoms with van der Waals surface area (Å²) in [5.41, 5.74) is 0.593. The fourth-order valence-electron chi connectivity index (χ4n) is 0.883. The summed E-state index contributed by atoms with van der Waals surface area (Å²) in [5.74, 6) is 0.568. The van der Waals surface area contributed by atoms with E-state index in [0.29, 0.717) is 12.3 Å². The highest BCUT2D eigenvalue weighted by atomic mass is 16.3. The van der Waals surface area contributed by atoms with Crippen LogP contribution >= 0.6 is 0 Å². The molecule has 0 aliphatic heterocycles. The van der Waals surface area contributed by atoms with Gasteiger partial charge < -0.3 is 5.11 Å². The first-order valence-corrected chi connectivity index (χ1v) is 7.40. The lowest BCUT2D eigenvalue weighted by Crippen LogP contribution is -2.25. The molecule has 0 saturated carbocycles. The summed E-state index contributed by atoms with van der Waals surface area (Å²) in [6, 6.07) is 9.75. The van der Waals surface area contributed by atoms with Gasteiger partial charge in [0.1, 0.15) is 5.78 Å². The maximum atomic E-state index is 10.6. The summed E-state index contributed by atoms with van der Waals surface area (Å²) in [6.07, 6.45) is 1.81. The van der Waals surface area contributed by atoms with Crippen molar-refractivity contribution in [3.05, 3.63) is 35.9 Å². The largest absolute Gasteiger partial charge is 0.390 e. The fourth-order valence-corrected chi connectivity index (χ4v) is 0.883. The summed E-state index contributed by atoms with van der Waals surface area (Å²) in [7, 11) is 0. The SMILES string of the molecule is CC(=O)Cc1ccccc1.CC(C)C(C)(C)O.CCC. The Bertz CT molecular complexity index is 334. The van der Waals surface area contributed by atoms with Gasteiger partial charge in [0, 0.05) is 6.42 Å². The second-order valence-corrected chi connectivity index (χ2v) is 5.88. The average molecular weight is 280 g/mol. The first-order chi connectivity index (χ1) is 9.15. The Morgan fingerprint density at radius 3 is 1.75 bits per heavy atom. The van der Waals surface area contributed by atoms with Crippen LogP contribution in [0.2, 0.25) is 0 Å². The van der Waals surface area contributed by atoms with Crippen LogP contribution in [0.3, 0.4) is 0 Å². The number of rotatable bonds is 3. The standard InChI is InChI=1S/C9H10O.C6H14O.C3H8/c1-8(10)7-9-5-3-2-4-6-9;1-5(2)6(3,4)7;1-3-2/h2-6H,7H2,1H3;5,7H,1-4H3;3H2,1-2H3. The summed E-state index contributed by atoms with van der Waals surface area (Å²) in [4.78, 5) is 10.6. The molecule has 0 radical (unpaired) electrons. The average Bonchev–Trinajstić information content (AvgIpc) is 2.30. The molecule has 1 aromatic rings. The highest BCUT2D eigenvalue weighted by Crippen LogP contribution is 2.13. The van der Waals surface area contributed by atoms with Crippen LogP contribution in [-0.4, -0.2) is 16.5 Å². The van der Waals surface area contributed by atoms with Crippen LogP contribution in [0.4, 0.5) is 0 Å². The molecule has 0 saturated heterocycles. The lowest BCUT2D eigenvalue weighted by molar-refractivity contribution is -0.116. The van der Waals surface area contributed by atoms with E-state index in [2.05, 4.69) is 13.8 Å². The van der Waals surface area contributed by atoms with Crippen molar-refractivity contribution in [2.45, 2.75) is 66.9 Å². The third-order valence-corrected chi connectivity index (χ3v) is 2.71. The third kappa shape index (κ3) is 14.9. The van der Waals surface area contributed by atoms with Gasteiger partial charge in [-0.25, -0.2) is 0 Å². The van der Waals surface area contributed by atoms with Crippen LogP contribution in [0.15, 0.2) is 30.3 Å². The topological polar surface area (TPSA) is 37.3 Å². The molecular formula is C18H32O2. The highest BCUT2D eigenvalue weighted by molar-refractivity contribution is 5.78. The van der Waals surface area contributed by atoms with Crippen molar-refractivity contribution in [2.75, 3.05) is 0 Å². The van der Waals surface area contributed by atoms with E-state index in [0.717, 1.165) is 5.56 Å². The molecule has 2 nitrogen and oxygen atoms in total. The fraction of sp³-hybridized carbons (Fsp3) is 0.611. The summed E-state index contributed by atoms with van der Waals surface area (Å²) in [5, 5.41) is 9.09. The van der Waals surface area contributed by atoms with E-state index >= 15 is 0 Å². The molecule has 0 spiro atoms. The Hall–Kier alpha value is -1.15. The molecule has 0 fully saturated rings. The van der Waals surface area contributed by atoms with Crippen molar-refractivity contribution in [2.24, 2.45) is 5.92 Å². The monoisotopic (exact) mass is 280 g/mol. The van der Waals surface area contributed by atoms with Gasteiger partial charge in [-0.3, -0.25) is 4.79 Å². The van der Waals surface area contributed by atoms with E-state index in [1.807, 2.05) is 58.0 Å². The molecule has 0 aromatic heterocycles. The predicted octanol–water partition coefficient (Wildman–Crippen LogP) is 4.65. The number of aliphatic hydroxyl groups is 1. The molecule has 20 heavy (non-hydrogen) atoms. The summed E-state index contributed by atoms with van der Waals surface area (Å²) >= 11 is 0. The Labute approximate surface area is 125 Å². The Morgan fingerprint density at radius 1 is 1.15 bits per heavy atom. The van der Waals surface area contributed by atoms with Crippen molar-refractivity contribution in [1.29, 1.82) is 0 Å². The zero-order valence-electron chi connectivity index (χ0n) is 14.2. The molecule has 0 heterocycles. The normalized spacial score (nSPS) is 10.1. The minimum Gasteiger partial charge on any atom is -0.390 e. The molecule has 1 rings (SSSR count). The number of Topliss-reactive ketones (excluding diaryl/α,β-unsaturated/α-hetero) is 1. The quantitative estimate of drug-likeness (QED) is 0.875. The Morgan fingerprint density at radius 2 is 1.50 bits per heavy atom. The van der Waals surface area contributed by atoms with Crippen LogP contribution in [0.25, 0.3) is 0 Å². The summed E-state index contributed by atoms with van der Waals surface area (Å²) < 4.78 is 0. The molecule has 0 amide bonds. The molecule has 116 valence electrons. The molecule has 0 atom stereocenters. The second kappa shape index (κ2) is 11.7. The summed E-state index contributed by atoms with van der Waals surface area (Å²) in [6.45, 7) is 13.5. The molecule has 0 unspecified atom stereocenters. The van der Waals surface area contributed by atoms with E-state index < -0.39 is 5.60 Å². The predicted molar refractivity (Wildman–Crippen MR) is 87.9 cm³/mol. The van der Waals surface area contributed by atoms with Gasteiger partial charge in [0.15, 0.2) is 0 Å². The molecular weight excluding hydrogens is 248 g/mol. The second-order valence-electron chi connectivity index (χ2n) is 5.88. The molecule has 0 aliphatic carbocycles. The van der Waals surface area contributed by atoms with Gasteiger partial charge in [0.2, 0.25) is 0 Å². The van der Waals surface area contributed by atoms with Crippen LogP contribution < -0.4 is 0 Å². The van der Waals surface area contributed by atoms with Crippen LogP contribution in [0.1, 0.15) is 60.5 Å². The number of benzene rings is 1. The van der Waals surface area contributed by atoms with Crippen molar-refractivity contribution in [1.82, 2.24) is 0 Å². The minimum atomic E-state index is -0.500. The lowest BCUT2D eigenvalue weighted by Gasteiger charge is -2.21. The lowest BCUT2D eigenvalue weighted by atomic mass is 9.95. The van der Waals surface area contributed by atoms with Gasteiger partial charge in [0.25, 0.3) is 0 Å². The number of carbonyl (C=O) groups is 1. The molecule has 1 N–H and O–H groups in total. The van der Waals surface area contributed by atoms with E-state index in [9.17, 15) is 4.79 Å². The number of carbonyl (C=O) groups excluding carboxylic acids is 1. The molecule has 0 bridgehead atoms. The van der Waals surface area contributed by atoms with Gasteiger partial charge in [-0.1, -0.05) is 64.4 Å². The first kappa shape index (κ1) is 21.2. The van der Waals surface area contributed by atoms with Gasteiger partial charge >= 0.3 is 0 Å². The minimum absolute atomic E-state index is 0.214. The van der Waals surface area contributed by atoms with Gasteiger partial charge in [-0.2, -0.15) is 0 Å². The highest BCUT2D eigenvalue weighted by Gasteiger charge is 2.16. The van der Waals surface area contributed by atoms with Gasteiger partial charge in [0.05, 0.1) is 5.60 Å². The van der Waals surface area contributed by atoms with Crippen molar-refractivity contribution >= 4 is 5.78 Å². The zero-order valence-corrected chi connectivity index (χ0v) is 14.2. The molecule has 0 aliphatic rings. The van der Waals surface area contributed by atoms with E-state index in [-0.39, 0.29) is 5.78 Å². The van der Waals surface area contributed by atoms with Crippen molar-refractivity contribution in [3.63, 3.8) is 0 Å². The van der Waals surface area contributed by atoms with Crippen molar-refractivity contribution < 1.29 is 9.90 Å². The first-order valence-electron chi connectivity index (χ1n) is 7.40. The van der Waals surface area contributed by atoms with Crippen LogP contribution in [-0.2, 0) is 11.2 Å². The molecule has 2 heteroatoms. The van der Waals surface area contributed by atoms with E-state index in [1.165, 1.54) is 6.42 Å². The Kier molecular flexibility index (Phi) is 12.3.